The molecule has 0 radical (unpaired) electrons. The van der Waals surface area contributed by atoms with Crippen molar-refractivity contribution in [3.8, 4) is 0 Å². The second-order valence-electron chi connectivity index (χ2n) is 5.27. The molecule has 1 aliphatic rings. The largest absolute Gasteiger partial charge is 0.380 e. The third kappa shape index (κ3) is 3.44. The summed E-state index contributed by atoms with van der Waals surface area (Å²) < 4.78 is 26.6. The number of hydrogen-bond acceptors (Lipinski definition) is 1. The van der Waals surface area contributed by atoms with E-state index in [1.165, 1.54) is 37.8 Å². The van der Waals surface area contributed by atoms with Gasteiger partial charge in [0.25, 0.3) is 0 Å². The second kappa shape index (κ2) is 6.17. The predicted octanol–water partition coefficient (Wildman–Crippen LogP) is 4.74. The number of halogens is 2. The molecule has 1 fully saturated rings. The van der Waals surface area contributed by atoms with Crippen LogP contribution in [0.15, 0.2) is 18.2 Å². The highest BCUT2D eigenvalue weighted by Crippen LogP contribution is 2.30. The molecule has 0 aliphatic heterocycles. The SMILES string of the molecule is CCCC1CCC(Nc2cc(F)ccc2F)CC1. The molecule has 0 aromatic heterocycles. The van der Waals surface area contributed by atoms with Crippen molar-refractivity contribution in [3.63, 3.8) is 0 Å². The molecular formula is C15H21F2N. The Balaban J connectivity index is 1.89. The van der Waals surface area contributed by atoms with Crippen LogP contribution in [-0.2, 0) is 0 Å². The quantitative estimate of drug-likeness (QED) is 0.817. The summed E-state index contributed by atoms with van der Waals surface area (Å²) in [6, 6.07) is 3.86. The minimum atomic E-state index is -0.390. The molecule has 0 atom stereocenters. The third-order valence-corrected chi connectivity index (χ3v) is 3.83. The van der Waals surface area contributed by atoms with Gasteiger partial charge in [0, 0.05) is 6.04 Å². The van der Waals surface area contributed by atoms with Crippen molar-refractivity contribution in [2.24, 2.45) is 5.92 Å². The molecule has 18 heavy (non-hydrogen) atoms. The van der Waals surface area contributed by atoms with Crippen molar-refractivity contribution in [2.45, 2.75) is 51.5 Å². The molecule has 1 aliphatic carbocycles. The van der Waals surface area contributed by atoms with E-state index in [1.807, 2.05) is 0 Å². The molecular weight excluding hydrogens is 232 g/mol. The zero-order valence-corrected chi connectivity index (χ0v) is 10.9. The number of benzene rings is 1. The van der Waals surface area contributed by atoms with Crippen LogP contribution in [0.25, 0.3) is 0 Å². The molecule has 0 bridgehead atoms. The highest BCUT2D eigenvalue weighted by Gasteiger charge is 2.21. The van der Waals surface area contributed by atoms with Crippen LogP contribution in [0.1, 0.15) is 45.4 Å². The van der Waals surface area contributed by atoms with E-state index < -0.39 is 5.82 Å². The number of anilines is 1. The summed E-state index contributed by atoms with van der Waals surface area (Å²) in [5.74, 6) is 0.0658. The normalized spacial score (nSPS) is 23.9. The van der Waals surface area contributed by atoms with E-state index in [9.17, 15) is 8.78 Å². The Morgan fingerprint density at radius 3 is 2.56 bits per heavy atom. The lowest BCUT2D eigenvalue weighted by Crippen LogP contribution is -2.26. The Hall–Kier alpha value is -1.12. The zero-order chi connectivity index (χ0) is 13.0. The minimum Gasteiger partial charge on any atom is -0.380 e. The fourth-order valence-electron chi connectivity index (χ4n) is 2.83. The van der Waals surface area contributed by atoms with Gasteiger partial charge in [0.15, 0.2) is 0 Å². The molecule has 1 aromatic carbocycles. The first-order chi connectivity index (χ1) is 8.69. The van der Waals surface area contributed by atoms with E-state index in [-0.39, 0.29) is 11.9 Å². The molecule has 3 heteroatoms. The Labute approximate surface area is 108 Å². The molecule has 0 saturated heterocycles. The van der Waals surface area contributed by atoms with Gasteiger partial charge in [0.1, 0.15) is 11.6 Å². The van der Waals surface area contributed by atoms with Gasteiger partial charge in [-0.15, -0.1) is 0 Å². The molecule has 0 unspecified atom stereocenters. The highest BCUT2D eigenvalue weighted by molar-refractivity contribution is 5.45. The van der Waals surface area contributed by atoms with E-state index in [0.717, 1.165) is 24.8 Å². The van der Waals surface area contributed by atoms with Gasteiger partial charge in [-0.1, -0.05) is 19.8 Å². The molecule has 1 saturated carbocycles. The summed E-state index contributed by atoms with van der Waals surface area (Å²) in [5.41, 5.74) is 0.300. The lowest BCUT2D eigenvalue weighted by molar-refractivity contribution is 0.318. The number of nitrogens with one attached hydrogen (secondary N) is 1. The van der Waals surface area contributed by atoms with E-state index in [4.69, 9.17) is 0 Å². The minimum absolute atomic E-state index is 0.286. The topological polar surface area (TPSA) is 12.0 Å². The molecule has 2 rings (SSSR count). The maximum atomic E-state index is 13.5. The van der Waals surface area contributed by atoms with Crippen LogP contribution < -0.4 is 5.32 Å². The molecule has 1 nitrogen and oxygen atoms in total. The molecule has 100 valence electrons. The zero-order valence-electron chi connectivity index (χ0n) is 10.9. The van der Waals surface area contributed by atoms with Crippen LogP contribution in [0.2, 0.25) is 0 Å². The van der Waals surface area contributed by atoms with Crippen molar-refractivity contribution in [1.82, 2.24) is 0 Å². The van der Waals surface area contributed by atoms with Crippen molar-refractivity contribution in [3.05, 3.63) is 29.8 Å². The van der Waals surface area contributed by atoms with Gasteiger partial charge >= 0.3 is 0 Å². The van der Waals surface area contributed by atoms with Gasteiger partial charge in [-0.25, -0.2) is 8.78 Å². The van der Waals surface area contributed by atoms with Gasteiger partial charge in [-0.05, 0) is 49.8 Å². The van der Waals surface area contributed by atoms with Crippen LogP contribution in [0.4, 0.5) is 14.5 Å². The lowest BCUT2D eigenvalue weighted by Gasteiger charge is -2.29. The lowest BCUT2D eigenvalue weighted by atomic mass is 9.83. The maximum absolute atomic E-state index is 13.5. The summed E-state index contributed by atoms with van der Waals surface area (Å²) in [4.78, 5) is 0. The van der Waals surface area contributed by atoms with Crippen molar-refractivity contribution < 1.29 is 8.78 Å². The second-order valence-corrected chi connectivity index (χ2v) is 5.27. The smallest absolute Gasteiger partial charge is 0.146 e. The highest BCUT2D eigenvalue weighted by atomic mass is 19.1. The van der Waals surface area contributed by atoms with Crippen LogP contribution >= 0.6 is 0 Å². The molecule has 0 spiro atoms. The Morgan fingerprint density at radius 1 is 1.17 bits per heavy atom. The van der Waals surface area contributed by atoms with E-state index in [0.29, 0.717) is 5.69 Å². The van der Waals surface area contributed by atoms with E-state index in [2.05, 4.69) is 12.2 Å². The Bertz CT molecular complexity index is 384. The fourth-order valence-corrected chi connectivity index (χ4v) is 2.83. The summed E-state index contributed by atoms with van der Waals surface area (Å²) in [7, 11) is 0. The van der Waals surface area contributed by atoms with Gasteiger partial charge in [-0.3, -0.25) is 0 Å². The Kier molecular flexibility index (Phi) is 4.56. The number of hydrogen-bond donors (Lipinski definition) is 1. The number of rotatable bonds is 4. The summed E-state index contributed by atoms with van der Waals surface area (Å²) >= 11 is 0. The monoisotopic (exact) mass is 253 g/mol. The first-order valence-electron chi connectivity index (χ1n) is 6.90. The molecule has 1 N–H and O–H groups in total. The molecule has 0 amide bonds. The van der Waals surface area contributed by atoms with Crippen molar-refractivity contribution in [2.75, 3.05) is 5.32 Å². The third-order valence-electron chi connectivity index (χ3n) is 3.83. The summed E-state index contributed by atoms with van der Waals surface area (Å²) in [6.45, 7) is 2.21. The van der Waals surface area contributed by atoms with E-state index in [1.54, 1.807) is 0 Å². The Morgan fingerprint density at radius 2 is 1.89 bits per heavy atom. The van der Waals surface area contributed by atoms with Crippen LogP contribution in [-0.4, -0.2) is 6.04 Å². The van der Waals surface area contributed by atoms with Gasteiger partial charge in [-0.2, -0.15) is 0 Å². The predicted molar refractivity (Wildman–Crippen MR) is 70.6 cm³/mol. The van der Waals surface area contributed by atoms with Crippen LogP contribution in [0.5, 0.6) is 0 Å². The van der Waals surface area contributed by atoms with Crippen molar-refractivity contribution in [1.29, 1.82) is 0 Å². The summed E-state index contributed by atoms with van der Waals surface area (Å²) in [5, 5.41) is 3.14. The van der Waals surface area contributed by atoms with Gasteiger partial charge < -0.3 is 5.32 Å². The van der Waals surface area contributed by atoms with Gasteiger partial charge in [0.2, 0.25) is 0 Å². The van der Waals surface area contributed by atoms with Crippen LogP contribution in [0.3, 0.4) is 0 Å². The standard InChI is InChI=1S/C15H21F2N/c1-2-3-11-4-7-13(8-5-11)18-15-10-12(16)6-9-14(15)17/h6,9-11,13,18H,2-5,7-8H2,1H3. The fraction of sp³-hybridized carbons (Fsp3) is 0.600. The molecule has 0 heterocycles. The van der Waals surface area contributed by atoms with Gasteiger partial charge in [0.05, 0.1) is 5.69 Å². The van der Waals surface area contributed by atoms with Crippen LogP contribution in [0, 0.1) is 17.6 Å². The first kappa shape index (κ1) is 13.3. The summed E-state index contributed by atoms with van der Waals surface area (Å²) in [6.07, 6.45) is 7.04. The average molecular weight is 253 g/mol. The average Bonchev–Trinajstić information content (AvgIpc) is 2.37. The molecule has 1 aromatic rings. The first-order valence-corrected chi connectivity index (χ1v) is 6.90. The van der Waals surface area contributed by atoms with E-state index >= 15 is 0 Å². The van der Waals surface area contributed by atoms with Crippen molar-refractivity contribution >= 4 is 5.69 Å². The maximum Gasteiger partial charge on any atom is 0.146 e.